The number of rotatable bonds is 5. The van der Waals surface area contributed by atoms with Crippen LogP contribution in [-0.2, 0) is 12.8 Å². The fraction of sp³-hybridized carbons (Fsp3) is 0.538. The third-order valence-electron chi connectivity index (χ3n) is 2.89. The molecule has 0 unspecified atom stereocenters. The van der Waals surface area contributed by atoms with Crippen molar-refractivity contribution in [1.82, 2.24) is 0 Å². The summed E-state index contributed by atoms with van der Waals surface area (Å²) in [6, 6.07) is 3.84. The number of hydrogen-bond donors (Lipinski definition) is 2. The highest BCUT2D eigenvalue weighted by molar-refractivity contribution is 5.62. The molecule has 1 aromatic carbocycles. The number of nitrogens with two attached hydrogens (primary N) is 2. The van der Waals surface area contributed by atoms with Gasteiger partial charge in [-0.2, -0.15) is 0 Å². The summed E-state index contributed by atoms with van der Waals surface area (Å²) in [5, 5.41) is 0. The van der Waals surface area contributed by atoms with Gasteiger partial charge in [-0.25, -0.2) is 0 Å². The predicted octanol–water partition coefficient (Wildman–Crippen LogP) is 3.15. The predicted molar refractivity (Wildman–Crippen MR) is 67.9 cm³/mol. The highest BCUT2D eigenvalue weighted by Gasteiger charge is 2.07. The van der Waals surface area contributed by atoms with Crippen LogP contribution >= 0.6 is 0 Å². The van der Waals surface area contributed by atoms with E-state index in [4.69, 9.17) is 11.5 Å². The Kier molecular flexibility index (Phi) is 4.47. The lowest BCUT2D eigenvalue weighted by atomic mass is 9.96. The monoisotopic (exact) mass is 206 g/mol. The second kappa shape index (κ2) is 5.64. The summed E-state index contributed by atoms with van der Waals surface area (Å²) in [6.45, 7) is 4.35. The van der Waals surface area contributed by atoms with Crippen LogP contribution in [0.4, 0.5) is 11.4 Å². The Hall–Kier alpha value is -1.18. The Morgan fingerprint density at radius 1 is 0.933 bits per heavy atom. The Morgan fingerprint density at radius 2 is 1.53 bits per heavy atom. The fourth-order valence-electron chi connectivity index (χ4n) is 1.99. The number of benzene rings is 1. The number of nitrogen functional groups attached to an aromatic ring is 2. The molecule has 0 amide bonds. The summed E-state index contributed by atoms with van der Waals surface area (Å²) in [5.74, 6) is 0. The van der Waals surface area contributed by atoms with Gasteiger partial charge in [0.05, 0.1) is 0 Å². The largest absolute Gasteiger partial charge is 0.398 e. The van der Waals surface area contributed by atoms with Crippen LogP contribution in [0.2, 0.25) is 0 Å². The van der Waals surface area contributed by atoms with E-state index in [1.165, 1.54) is 30.4 Å². The molecule has 0 aliphatic rings. The molecule has 0 spiro atoms. The van der Waals surface area contributed by atoms with Crippen molar-refractivity contribution in [2.45, 2.75) is 46.0 Å². The zero-order chi connectivity index (χ0) is 11.3. The van der Waals surface area contributed by atoms with Gasteiger partial charge in [-0.1, -0.05) is 26.7 Å². The van der Waals surface area contributed by atoms with Crippen LogP contribution in [0.15, 0.2) is 12.1 Å². The zero-order valence-electron chi connectivity index (χ0n) is 9.84. The topological polar surface area (TPSA) is 52.0 Å². The molecule has 2 nitrogen and oxygen atoms in total. The summed E-state index contributed by atoms with van der Waals surface area (Å²) in [5.41, 5.74) is 16.2. The molecule has 0 saturated carbocycles. The second-order valence-corrected chi connectivity index (χ2v) is 4.01. The maximum Gasteiger partial charge on any atom is 0.0350 e. The maximum absolute atomic E-state index is 5.99. The van der Waals surface area contributed by atoms with Gasteiger partial charge in [0.15, 0.2) is 0 Å². The molecule has 0 atom stereocenters. The minimum Gasteiger partial charge on any atom is -0.398 e. The highest BCUT2D eigenvalue weighted by Crippen LogP contribution is 2.25. The molecule has 0 bridgehead atoms. The smallest absolute Gasteiger partial charge is 0.0350 e. The molecule has 84 valence electrons. The average Bonchev–Trinajstić information content (AvgIpc) is 2.23. The van der Waals surface area contributed by atoms with Crippen LogP contribution in [0, 0.1) is 0 Å². The molecule has 0 aromatic heterocycles. The first-order valence-electron chi connectivity index (χ1n) is 5.86. The minimum absolute atomic E-state index is 0.887. The van der Waals surface area contributed by atoms with E-state index in [-0.39, 0.29) is 0 Å². The van der Waals surface area contributed by atoms with Crippen LogP contribution in [0.1, 0.15) is 44.2 Å². The van der Waals surface area contributed by atoms with Crippen LogP contribution < -0.4 is 11.5 Å². The van der Waals surface area contributed by atoms with Crippen molar-refractivity contribution in [2.24, 2.45) is 0 Å². The van der Waals surface area contributed by atoms with Gasteiger partial charge in [-0.05, 0) is 42.5 Å². The molecule has 0 saturated heterocycles. The lowest BCUT2D eigenvalue weighted by molar-refractivity contribution is 0.715. The lowest BCUT2D eigenvalue weighted by Gasteiger charge is -2.13. The molecular formula is C13H22N2. The Bertz CT molecular complexity index is 319. The van der Waals surface area contributed by atoms with Crippen LogP contribution in [0.5, 0.6) is 0 Å². The van der Waals surface area contributed by atoms with Gasteiger partial charge in [0, 0.05) is 11.4 Å². The van der Waals surface area contributed by atoms with Crippen LogP contribution in [0.25, 0.3) is 0 Å². The van der Waals surface area contributed by atoms with Gasteiger partial charge in [0.25, 0.3) is 0 Å². The molecule has 2 heteroatoms. The standard InChI is InChI=1S/C13H22N2/c1-3-5-6-7-11-10(4-2)12(14)8-9-13(11)15/h8-9H,3-7,14-15H2,1-2H3. The first kappa shape index (κ1) is 11.9. The van der Waals surface area contributed by atoms with Crippen LogP contribution in [-0.4, -0.2) is 0 Å². The summed E-state index contributed by atoms with van der Waals surface area (Å²) in [6.07, 6.45) is 5.74. The van der Waals surface area contributed by atoms with Gasteiger partial charge in [-0.15, -0.1) is 0 Å². The molecule has 0 radical (unpaired) electrons. The molecule has 1 rings (SSSR count). The van der Waals surface area contributed by atoms with E-state index < -0.39 is 0 Å². The Balaban J connectivity index is 2.87. The minimum atomic E-state index is 0.887. The summed E-state index contributed by atoms with van der Waals surface area (Å²) >= 11 is 0. The molecule has 1 aromatic rings. The zero-order valence-corrected chi connectivity index (χ0v) is 9.84. The van der Waals surface area contributed by atoms with Crippen molar-refractivity contribution in [1.29, 1.82) is 0 Å². The van der Waals surface area contributed by atoms with Gasteiger partial charge >= 0.3 is 0 Å². The first-order chi connectivity index (χ1) is 7.20. The third kappa shape index (κ3) is 2.88. The average molecular weight is 206 g/mol. The number of hydrogen-bond acceptors (Lipinski definition) is 2. The van der Waals surface area contributed by atoms with E-state index in [0.29, 0.717) is 0 Å². The molecule has 0 heterocycles. The van der Waals surface area contributed by atoms with Crippen molar-refractivity contribution in [3.63, 3.8) is 0 Å². The normalized spacial score (nSPS) is 10.5. The first-order valence-corrected chi connectivity index (χ1v) is 5.86. The van der Waals surface area contributed by atoms with Gasteiger partial charge < -0.3 is 11.5 Å². The fourth-order valence-corrected chi connectivity index (χ4v) is 1.99. The molecular weight excluding hydrogens is 184 g/mol. The second-order valence-electron chi connectivity index (χ2n) is 4.01. The van der Waals surface area contributed by atoms with E-state index >= 15 is 0 Å². The summed E-state index contributed by atoms with van der Waals surface area (Å²) in [4.78, 5) is 0. The van der Waals surface area contributed by atoms with Crippen molar-refractivity contribution in [3.05, 3.63) is 23.3 Å². The molecule has 0 aliphatic carbocycles. The number of unbranched alkanes of at least 4 members (excludes halogenated alkanes) is 2. The van der Waals surface area contributed by atoms with E-state index in [1.54, 1.807) is 0 Å². The molecule has 0 fully saturated rings. The van der Waals surface area contributed by atoms with E-state index in [9.17, 15) is 0 Å². The Morgan fingerprint density at radius 3 is 2.07 bits per heavy atom. The van der Waals surface area contributed by atoms with E-state index in [1.807, 2.05) is 12.1 Å². The summed E-state index contributed by atoms with van der Waals surface area (Å²) in [7, 11) is 0. The van der Waals surface area contributed by atoms with Crippen molar-refractivity contribution < 1.29 is 0 Å². The summed E-state index contributed by atoms with van der Waals surface area (Å²) < 4.78 is 0. The SMILES string of the molecule is CCCCCc1c(N)ccc(N)c1CC. The van der Waals surface area contributed by atoms with Crippen molar-refractivity contribution in [3.8, 4) is 0 Å². The van der Waals surface area contributed by atoms with Gasteiger partial charge in [-0.3, -0.25) is 0 Å². The van der Waals surface area contributed by atoms with E-state index in [2.05, 4.69) is 13.8 Å². The van der Waals surface area contributed by atoms with E-state index in [0.717, 1.165) is 24.2 Å². The highest BCUT2D eigenvalue weighted by atomic mass is 14.6. The van der Waals surface area contributed by atoms with Gasteiger partial charge in [0.1, 0.15) is 0 Å². The Labute approximate surface area is 92.7 Å². The van der Waals surface area contributed by atoms with Gasteiger partial charge in [0.2, 0.25) is 0 Å². The lowest BCUT2D eigenvalue weighted by Crippen LogP contribution is -2.03. The van der Waals surface area contributed by atoms with Crippen molar-refractivity contribution in [2.75, 3.05) is 11.5 Å². The number of anilines is 2. The third-order valence-corrected chi connectivity index (χ3v) is 2.89. The molecule has 15 heavy (non-hydrogen) atoms. The molecule has 0 aliphatic heterocycles. The molecule has 4 N–H and O–H groups in total. The van der Waals surface area contributed by atoms with Crippen molar-refractivity contribution >= 4 is 11.4 Å². The maximum atomic E-state index is 5.99. The quantitative estimate of drug-likeness (QED) is 0.574. The van der Waals surface area contributed by atoms with Crippen LogP contribution in [0.3, 0.4) is 0 Å².